The van der Waals surface area contributed by atoms with E-state index in [9.17, 15) is 46.5 Å². The molecule has 1 saturated carbocycles. The number of nitrogens with zero attached hydrogens (tertiary/aromatic N) is 3. The SMILES string of the molecule is CCCC1N(C(O)c2ncccc2C(F)(F)F)CCCC1(Oc1csc(C(F)(F)F)c1)C(=O)N1CCC(O)(c2ccccc2OC(C)CCC2(C(=O)O)CCC2)CC1. The van der Waals surface area contributed by atoms with Crippen LogP contribution in [0.1, 0.15) is 112 Å². The van der Waals surface area contributed by atoms with Gasteiger partial charge in [-0.25, -0.2) is 0 Å². The number of carbonyl (C=O) groups is 2. The number of benzene rings is 1. The number of carbonyl (C=O) groups excluding carboxylic acids is 1. The van der Waals surface area contributed by atoms with Gasteiger partial charge in [0.15, 0.2) is 6.23 Å². The summed E-state index contributed by atoms with van der Waals surface area (Å²) in [6.45, 7) is 3.64. The molecule has 318 valence electrons. The molecule has 3 aromatic rings. The number of aromatic nitrogens is 1. The molecule has 2 aromatic heterocycles. The van der Waals surface area contributed by atoms with Crippen molar-refractivity contribution in [2.24, 2.45) is 5.41 Å². The first-order chi connectivity index (χ1) is 27.3. The van der Waals surface area contributed by atoms with Crippen LogP contribution in [0.25, 0.3) is 0 Å². The topological polar surface area (TPSA) is 133 Å². The molecule has 17 heteroatoms. The molecule has 1 aliphatic carbocycles. The first-order valence-corrected chi connectivity index (χ1v) is 20.5. The van der Waals surface area contributed by atoms with Crippen LogP contribution in [0.3, 0.4) is 0 Å². The summed E-state index contributed by atoms with van der Waals surface area (Å²) in [6.07, 6.45) is -6.98. The van der Waals surface area contributed by atoms with E-state index in [2.05, 4.69) is 4.98 Å². The molecule has 2 aliphatic heterocycles. The molecule has 4 atom stereocenters. The number of hydrogen-bond donors (Lipinski definition) is 3. The molecular formula is C41H49F6N3O7S. The highest BCUT2D eigenvalue weighted by Gasteiger charge is 2.57. The van der Waals surface area contributed by atoms with E-state index in [0.717, 1.165) is 36.2 Å². The largest absolute Gasteiger partial charge is 0.490 e. The Kier molecular flexibility index (Phi) is 12.8. The third kappa shape index (κ3) is 8.82. The van der Waals surface area contributed by atoms with E-state index in [0.29, 0.717) is 54.8 Å². The van der Waals surface area contributed by atoms with Gasteiger partial charge in [0.05, 0.1) is 34.4 Å². The highest BCUT2D eigenvalue weighted by Crippen LogP contribution is 2.47. The van der Waals surface area contributed by atoms with Gasteiger partial charge in [-0.1, -0.05) is 38.0 Å². The van der Waals surface area contributed by atoms with Gasteiger partial charge in [-0.2, -0.15) is 26.3 Å². The van der Waals surface area contributed by atoms with Gasteiger partial charge >= 0.3 is 18.3 Å². The number of aliphatic hydroxyl groups excluding tert-OH is 1. The number of halogens is 6. The van der Waals surface area contributed by atoms with Gasteiger partial charge in [0.2, 0.25) is 5.60 Å². The van der Waals surface area contributed by atoms with Crippen molar-refractivity contribution in [1.29, 1.82) is 0 Å². The van der Waals surface area contributed by atoms with Gasteiger partial charge in [-0.05, 0) is 82.9 Å². The van der Waals surface area contributed by atoms with Gasteiger partial charge in [0.25, 0.3) is 5.91 Å². The lowest BCUT2D eigenvalue weighted by Gasteiger charge is -2.52. The Hall–Kier alpha value is -3.93. The average molecular weight is 842 g/mol. The zero-order chi connectivity index (χ0) is 42.1. The Morgan fingerprint density at radius 3 is 2.29 bits per heavy atom. The van der Waals surface area contributed by atoms with Gasteiger partial charge in [-0.3, -0.25) is 19.5 Å². The smallest absolute Gasteiger partial charge is 0.425 e. The number of alkyl halides is 6. The number of piperidine rings is 2. The summed E-state index contributed by atoms with van der Waals surface area (Å²) in [5, 5.41) is 34.6. The van der Waals surface area contributed by atoms with Gasteiger partial charge in [0.1, 0.15) is 16.4 Å². The van der Waals surface area contributed by atoms with Crippen molar-refractivity contribution in [1.82, 2.24) is 14.8 Å². The molecule has 2 saturated heterocycles. The van der Waals surface area contributed by atoms with E-state index in [-0.39, 0.29) is 63.6 Å². The monoisotopic (exact) mass is 841 g/mol. The maximum Gasteiger partial charge on any atom is 0.425 e. The van der Waals surface area contributed by atoms with Crippen LogP contribution in [0, 0.1) is 5.41 Å². The second-order valence-corrected chi connectivity index (χ2v) is 16.7. The number of para-hydroxylation sites is 1. The Bertz CT molecular complexity index is 1910. The predicted octanol–water partition coefficient (Wildman–Crippen LogP) is 8.57. The number of amides is 1. The number of likely N-dealkylation sites (tertiary alicyclic amines) is 2. The normalized spacial score (nSPS) is 23.4. The molecule has 6 rings (SSSR count). The van der Waals surface area contributed by atoms with E-state index in [1.165, 1.54) is 9.80 Å². The summed E-state index contributed by atoms with van der Waals surface area (Å²) < 4.78 is 96.3. The summed E-state index contributed by atoms with van der Waals surface area (Å²) in [6, 6.07) is 8.55. The van der Waals surface area contributed by atoms with Crippen LogP contribution in [0.4, 0.5) is 26.3 Å². The first kappa shape index (κ1) is 43.6. The number of rotatable bonds is 14. The van der Waals surface area contributed by atoms with Crippen molar-refractivity contribution in [2.45, 2.75) is 126 Å². The summed E-state index contributed by atoms with van der Waals surface area (Å²) in [5.41, 5.74) is -5.49. The minimum atomic E-state index is -4.86. The van der Waals surface area contributed by atoms with Crippen molar-refractivity contribution in [3.8, 4) is 11.5 Å². The quantitative estimate of drug-likeness (QED) is 0.137. The van der Waals surface area contributed by atoms with Gasteiger partial charge < -0.3 is 29.7 Å². The maximum atomic E-state index is 15.0. The molecule has 1 aromatic carbocycles. The standard InChI is InChI=1S/C41H49F6N3O7S/c1-3-9-31-39(57-27-24-32(58-25-27)41(45,46)47,16-8-21-50(31)34(51)33-29(40(42,43)44)11-6-20-48-33)35(52)49-22-18-38(55,19-23-49)28-10-4-5-12-30(28)56-26(2)13-17-37(36(53)54)14-7-15-37/h4-6,10-12,20,24-26,31,34,51,55H,3,7-9,13-19,21-23H2,1-2H3,(H,53,54). The van der Waals surface area contributed by atoms with Crippen LogP contribution in [0.5, 0.6) is 11.5 Å². The fourth-order valence-electron chi connectivity index (χ4n) is 8.74. The van der Waals surface area contributed by atoms with Crippen LogP contribution >= 0.6 is 11.3 Å². The zero-order valence-electron chi connectivity index (χ0n) is 32.3. The summed E-state index contributed by atoms with van der Waals surface area (Å²) in [5.74, 6) is -1.25. The Morgan fingerprint density at radius 2 is 1.69 bits per heavy atom. The van der Waals surface area contributed by atoms with Crippen molar-refractivity contribution in [3.63, 3.8) is 0 Å². The van der Waals surface area contributed by atoms with Crippen molar-refractivity contribution >= 4 is 23.2 Å². The van der Waals surface area contributed by atoms with E-state index in [4.69, 9.17) is 9.47 Å². The molecule has 3 N–H and O–H groups in total. The molecule has 58 heavy (non-hydrogen) atoms. The van der Waals surface area contributed by atoms with E-state index >= 15 is 4.79 Å². The summed E-state index contributed by atoms with van der Waals surface area (Å²) >= 11 is 0.382. The minimum Gasteiger partial charge on any atom is -0.490 e. The number of pyridine rings is 1. The Labute approximate surface area is 336 Å². The van der Waals surface area contributed by atoms with Gasteiger partial charge in [-0.15, -0.1) is 11.3 Å². The van der Waals surface area contributed by atoms with Crippen molar-refractivity contribution in [3.05, 3.63) is 75.7 Å². The fraction of sp³-hybridized carbons (Fsp3) is 0.585. The lowest BCUT2D eigenvalue weighted by molar-refractivity contribution is -0.177. The molecule has 3 aliphatic rings. The average Bonchev–Trinajstić information content (AvgIpc) is 3.64. The molecule has 0 spiro atoms. The van der Waals surface area contributed by atoms with Crippen molar-refractivity contribution in [2.75, 3.05) is 19.6 Å². The second kappa shape index (κ2) is 17.0. The molecule has 0 bridgehead atoms. The number of hydrogen-bond acceptors (Lipinski definition) is 9. The third-order valence-electron chi connectivity index (χ3n) is 12.1. The van der Waals surface area contributed by atoms with Crippen LogP contribution in [-0.2, 0) is 27.5 Å². The molecule has 4 unspecified atom stereocenters. The number of carboxylic acids is 1. The predicted molar refractivity (Wildman–Crippen MR) is 201 cm³/mol. The molecular weight excluding hydrogens is 793 g/mol. The van der Waals surface area contributed by atoms with Gasteiger partial charge in [0, 0.05) is 42.8 Å². The molecule has 3 fully saturated rings. The lowest BCUT2D eigenvalue weighted by atomic mass is 9.66. The minimum absolute atomic E-state index is 0.0102. The van der Waals surface area contributed by atoms with Crippen LogP contribution in [0.15, 0.2) is 54.0 Å². The molecule has 0 radical (unpaired) electrons. The summed E-state index contributed by atoms with van der Waals surface area (Å²) in [7, 11) is 0. The lowest BCUT2D eigenvalue weighted by Crippen LogP contribution is -2.68. The highest BCUT2D eigenvalue weighted by molar-refractivity contribution is 7.10. The number of ether oxygens (including phenoxy) is 2. The van der Waals surface area contributed by atoms with Crippen LogP contribution in [0.2, 0.25) is 0 Å². The van der Waals surface area contributed by atoms with E-state index in [1.54, 1.807) is 31.2 Å². The second-order valence-electron chi connectivity index (χ2n) is 15.8. The van der Waals surface area contributed by atoms with Crippen LogP contribution < -0.4 is 9.47 Å². The number of aliphatic carboxylic acids is 1. The maximum absolute atomic E-state index is 15.0. The van der Waals surface area contributed by atoms with Crippen LogP contribution in [-0.4, -0.2) is 79.4 Å². The molecule has 1 amide bonds. The first-order valence-electron chi connectivity index (χ1n) is 19.7. The zero-order valence-corrected chi connectivity index (χ0v) is 33.1. The number of thiophene rings is 1. The Morgan fingerprint density at radius 1 is 0.983 bits per heavy atom. The van der Waals surface area contributed by atoms with E-state index in [1.807, 2.05) is 6.92 Å². The summed E-state index contributed by atoms with van der Waals surface area (Å²) in [4.78, 5) is 32.6. The van der Waals surface area contributed by atoms with E-state index < -0.39 is 69.3 Å². The highest BCUT2D eigenvalue weighted by atomic mass is 32.1. The molecule has 10 nitrogen and oxygen atoms in total. The third-order valence-corrected chi connectivity index (χ3v) is 13.0. The molecule has 4 heterocycles. The number of aliphatic hydroxyl groups is 2. The Balaban J connectivity index is 1.27. The number of carboxylic acid groups (broad SMARTS) is 1. The fourth-order valence-corrected chi connectivity index (χ4v) is 9.42. The van der Waals surface area contributed by atoms with Crippen molar-refractivity contribution < 1.29 is 60.7 Å².